The molecule has 0 N–H and O–H groups in total. The van der Waals surface area contributed by atoms with E-state index in [0.29, 0.717) is 16.3 Å². The van der Waals surface area contributed by atoms with Crippen molar-refractivity contribution in [3.05, 3.63) is 58.4 Å². The molecule has 0 spiro atoms. The lowest BCUT2D eigenvalue weighted by molar-refractivity contribution is -0.141. The number of esters is 1. The molecule has 2 aromatic carbocycles. The number of thiazole rings is 1. The zero-order valence-electron chi connectivity index (χ0n) is 17.2. The molecule has 0 aliphatic heterocycles. The number of carbonyl (C=O) groups is 2. The number of benzene rings is 2. The Morgan fingerprint density at radius 1 is 1.07 bits per heavy atom. The minimum atomic E-state index is -0.438. The molecule has 1 heterocycles. The maximum absolute atomic E-state index is 12.5. The van der Waals surface area contributed by atoms with E-state index in [1.807, 2.05) is 31.2 Å². The summed E-state index contributed by atoms with van der Waals surface area (Å²) in [7, 11) is 4.44. The van der Waals surface area contributed by atoms with Gasteiger partial charge in [-0.2, -0.15) is 4.99 Å². The fourth-order valence-corrected chi connectivity index (χ4v) is 4.00. The summed E-state index contributed by atoms with van der Waals surface area (Å²) in [5, 5.41) is 0. The highest BCUT2D eigenvalue weighted by atomic mass is 32.1. The van der Waals surface area contributed by atoms with E-state index in [0.717, 1.165) is 21.3 Å². The highest BCUT2D eigenvalue weighted by Crippen LogP contribution is 2.28. The van der Waals surface area contributed by atoms with Gasteiger partial charge in [-0.1, -0.05) is 23.5 Å². The summed E-state index contributed by atoms with van der Waals surface area (Å²) in [5.41, 5.74) is 2.68. The molecule has 3 rings (SSSR count). The molecule has 0 fully saturated rings. The summed E-state index contributed by atoms with van der Waals surface area (Å²) in [5.74, 6) is 0.326. The summed E-state index contributed by atoms with van der Waals surface area (Å²) in [6.07, 6.45) is 3.02. The number of amides is 1. The maximum Gasteiger partial charge on any atom is 0.325 e. The minimum absolute atomic E-state index is 0.0228. The van der Waals surface area contributed by atoms with Crippen LogP contribution in [0.4, 0.5) is 0 Å². The zero-order valence-corrected chi connectivity index (χ0v) is 18.0. The van der Waals surface area contributed by atoms with Crippen LogP contribution in [0.15, 0.2) is 47.5 Å². The van der Waals surface area contributed by atoms with Crippen LogP contribution in [0.2, 0.25) is 0 Å². The summed E-state index contributed by atoms with van der Waals surface area (Å²) >= 11 is 1.35. The van der Waals surface area contributed by atoms with E-state index in [2.05, 4.69) is 4.99 Å². The van der Waals surface area contributed by atoms with E-state index in [4.69, 9.17) is 14.2 Å². The molecule has 7 nitrogen and oxygen atoms in total. The number of hydrogen-bond donors (Lipinski definition) is 0. The number of nitrogens with zero attached hydrogens (tertiary/aromatic N) is 2. The molecule has 0 radical (unpaired) electrons. The topological polar surface area (TPSA) is 79.1 Å². The van der Waals surface area contributed by atoms with Crippen LogP contribution >= 0.6 is 11.3 Å². The number of ether oxygens (including phenoxy) is 3. The molecule has 3 aromatic rings. The Morgan fingerprint density at radius 2 is 1.83 bits per heavy atom. The standard InChI is InChI=1S/C22H22N2O5S/c1-14-5-8-16-19(11-14)30-22(24(16)13-21(26)29-4)23-20(25)10-7-15-6-9-17(27-2)18(12-15)28-3/h5-12H,13H2,1-4H3. The van der Waals surface area contributed by atoms with Gasteiger partial charge >= 0.3 is 5.97 Å². The lowest BCUT2D eigenvalue weighted by atomic mass is 10.2. The third-order valence-electron chi connectivity index (χ3n) is 4.38. The lowest BCUT2D eigenvalue weighted by Gasteiger charge is -2.07. The molecular weight excluding hydrogens is 404 g/mol. The Kier molecular flexibility index (Phi) is 6.68. The molecule has 0 saturated carbocycles. The Balaban J connectivity index is 1.95. The Morgan fingerprint density at radius 3 is 2.53 bits per heavy atom. The fraction of sp³-hybridized carbons (Fsp3) is 0.227. The molecule has 0 aliphatic carbocycles. The molecule has 30 heavy (non-hydrogen) atoms. The second-order valence-corrected chi connectivity index (χ2v) is 7.42. The van der Waals surface area contributed by atoms with Gasteiger partial charge in [0.2, 0.25) is 0 Å². The Hall–Kier alpha value is -3.39. The molecule has 0 atom stereocenters. The average molecular weight is 426 g/mol. The van der Waals surface area contributed by atoms with Crippen molar-refractivity contribution in [2.75, 3.05) is 21.3 Å². The van der Waals surface area contributed by atoms with E-state index in [-0.39, 0.29) is 6.54 Å². The molecular formula is C22H22N2O5S. The predicted octanol–water partition coefficient (Wildman–Crippen LogP) is 3.34. The first-order valence-corrected chi connectivity index (χ1v) is 9.92. The van der Waals surface area contributed by atoms with Gasteiger partial charge in [-0.15, -0.1) is 0 Å². The van der Waals surface area contributed by atoms with E-state index in [9.17, 15) is 9.59 Å². The number of fused-ring (bicyclic) bond motifs is 1. The van der Waals surface area contributed by atoms with Crippen molar-refractivity contribution in [3.63, 3.8) is 0 Å². The van der Waals surface area contributed by atoms with E-state index < -0.39 is 11.9 Å². The van der Waals surface area contributed by atoms with Gasteiger partial charge in [0.25, 0.3) is 5.91 Å². The lowest BCUT2D eigenvalue weighted by Crippen LogP contribution is -2.22. The Labute approximate surface area is 177 Å². The van der Waals surface area contributed by atoms with Crippen LogP contribution in [0.3, 0.4) is 0 Å². The number of aromatic nitrogens is 1. The van der Waals surface area contributed by atoms with Crippen molar-refractivity contribution in [2.24, 2.45) is 4.99 Å². The van der Waals surface area contributed by atoms with E-state index in [1.54, 1.807) is 37.0 Å². The normalized spacial score (nSPS) is 11.8. The summed E-state index contributed by atoms with van der Waals surface area (Å²) in [4.78, 5) is 29.0. The van der Waals surface area contributed by atoms with Crippen molar-refractivity contribution < 1.29 is 23.8 Å². The van der Waals surface area contributed by atoms with Gasteiger partial charge in [0.1, 0.15) is 6.54 Å². The number of carbonyl (C=O) groups excluding carboxylic acids is 2. The maximum atomic E-state index is 12.5. The van der Waals surface area contributed by atoms with E-state index >= 15 is 0 Å². The van der Waals surface area contributed by atoms with Crippen molar-refractivity contribution in [2.45, 2.75) is 13.5 Å². The Bertz CT molecular complexity index is 1190. The molecule has 0 aliphatic rings. The third-order valence-corrected chi connectivity index (χ3v) is 5.43. The van der Waals surface area contributed by atoms with Crippen LogP contribution in [0.5, 0.6) is 11.5 Å². The molecule has 1 amide bonds. The highest BCUT2D eigenvalue weighted by Gasteiger charge is 2.11. The third kappa shape index (κ3) is 4.77. The van der Waals surface area contributed by atoms with Gasteiger partial charge in [0.05, 0.1) is 31.5 Å². The number of aryl methyl sites for hydroxylation is 1. The quantitative estimate of drug-likeness (QED) is 0.446. The molecule has 156 valence electrons. The van der Waals surface area contributed by atoms with Crippen LogP contribution in [0, 0.1) is 6.92 Å². The number of rotatable bonds is 6. The number of hydrogen-bond acceptors (Lipinski definition) is 6. The van der Waals surface area contributed by atoms with E-state index in [1.165, 1.54) is 24.5 Å². The van der Waals surface area contributed by atoms with Gasteiger partial charge in [-0.3, -0.25) is 9.59 Å². The molecule has 0 unspecified atom stereocenters. The van der Waals surface area contributed by atoms with Gasteiger partial charge < -0.3 is 18.8 Å². The van der Waals surface area contributed by atoms with Crippen molar-refractivity contribution in [3.8, 4) is 11.5 Å². The first-order chi connectivity index (χ1) is 14.4. The van der Waals surface area contributed by atoms with Crippen molar-refractivity contribution in [1.82, 2.24) is 4.57 Å². The fourth-order valence-electron chi connectivity index (χ4n) is 2.87. The van der Waals surface area contributed by atoms with Crippen molar-refractivity contribution >= 4 is 39.5 Å². The summed E-state index contributed by atoms with van der Waals surface area (Å²) < 4.78 is 17.9. The van der Waals surface area contributed by atoms with Crippen LogP contribution in [0.1, 0.15) is 11.1 Å². The van der Waals surface area contributed by atoms with Crippen LogP contribution in [-0.2, 0) is 20.9 Å². The van der Waals surface area contributed by atoms with Gasteiger partial charge in [0.15, 0.2) is 16.3 Å². The van der Waals surface area contributed by atoms with Crippen molar-refractivity contribution in [1.29, 1.82) is 0 Å². The second-order valence-electron chi connectivity index (χ2n) is 6.42. The van der Waals surface area contributed by atoms with Crippen LogP contribution < -0.4 is 14.3 Å². The highest BCUT2D eigenvalue weighted by molar-refractivity contribution is 7.16. The first kappa shape index (κ1) is 21.3. The first-order valence-electron chi connectivity index (χ1n) is 9.10. The second kappa shape index (κ2) is 9.41. The average Bonchev–Trinajstić information content (AvgIpc) is 3.07. The molecule has 0 saturated heterocycles. The smallest absolute Gasteiger partial charge is 0.325 e. The van der Waals surface area contributed by atoms with Gasteiger partial charge in [0, 0.05) is 6.08 Å². The molecule has 0 bridgehead atoms. The van der Waals surface area contributed by atoms with Gasteiger partial charge in [-0.05, 0) is 48.4 Å². The largest absolute Gasteiger partial charge is 0.493 e. The van der Waals surface area contributed by atoms with Crippen LogP contribution in [0.25, 0.3) is 16.3 Å². The SMILES string of the molecule is COC(=O)Cn1c(=NC(=O)C=Cc2ccc(OC)c(OC)c2)sc2cc(C)ccc21. The number of methoxy groups -OCH3 is 3. The monoisotopic (exact) mass is 426 g/mol. The summed E-state index contributed by atoms with van der Waals surface area (Å²) in [6.45, 7) is 1.96. The van der Waals surface area contributed by atoms with Gasteiger partial charge in [-0.25, -0.2) is 0 Å². The molecule has 8 heteroatoms. The minimum Gasteiger partial charge on any atom is -0.493 e. The summed E-state index contributed by atoms with van der Waals surface area (Å²) in [6, 6.07) is 11.2. The van der Waals surface area contributed by atoms with Crippen LogP contribution in [-0.4, -0.2) is 37.8 Å². The predicted molar refractivity (Wildman–Crippen MR) is 116 cm³/mol. The zero-order chi connectivity index (χ0) is 21.7. The molecule has 1 aromatic heterocycles.